The molecular formula is C14H14N2O5S3. The summed E-state index contributed by atoms with van der Waals surface area (Å²) in [7, 11) is -3.73. The van der Waals surface area contributed by atoms with Gasteiger partial charge in [-0.25, -0.2) is 13.2 Å². The molecule has 10 heteroatoms. The molecular weight excluding hydrogens is 372 g/mol. The van der Waals surface area contributed by atoms with E-state index in [2.05, 4.69) is 0 Å². The first-order valence-electron chi connectivity index (χ1n) is 7.03. The Labute approximate surface area is 146 Å². The highest BCUT2D eigenvalue weighted by molar-refractivity contribution is 7.91. The summed E-state index contributed by atoms with van der Waals surface area (Å²) in [6, 6.07) is 2.92. The van der Waals surface area contributed by atoms with Gasteiger partial charge in [0.2, 0.25) is 0 Å². The normalized spacial score (nSPS) is 16.2. The monoisotopic (exact) mass is 386 g/mol. The van der Waals surface area contributed by atoms with Crippen LogP contribution < -0.4 is 0 Å². The van der Waals surface area contributed by atoms with Crippen LogP contribution in [0.4, 0.5) is 0 Å². The van der Waals surface area contributed by atoms with Gasteiger partial charge in [-0.15, -0.1) is 11.3 Å². The van der Waals surface area contributed by atoms with E-state index in [9.17, 15) is 18.0 Å². The molecule has 1 fully saturated rings. The zero-order chi connectivity index (χ0) is 17.3. The zero-order valence-electron chi connectivity index (χ0n) is 12.4. The molecule has 0 saturated carbocycles. The number of carbonyl (C=O) groups excluding carboxylic acids is 1. The maximum atomic E-state index is 12.6. The highest BCUT2D eigenvalue weighted by atomic mass is 32.2. The number of piperazine rings is 1. The molecule has 128 valence electrons. The predicted molar refractivity (Wildman–Crippen MR) is 90.3 cm³/mol. The van der Waals surface area contributed by atoms with Gasteiger partial charge in [0.15, 0.2) is 0 Å². The Bertz CT molecular complexity index is 849. The molecule has 0 aromatic carbocycles. The van der Waals surface area contributed by atoms with Gasteiger partial charge in [-0.1, -0.05) is 0 Å². The number of hydrogen-bond donors (Lipinski definition) is 1. The number of carbonyl (C=O) groups is 2. The van der Waals surface area contributed by atoms with Gasteiger partial charge in [0.1, 0.15) is 4.21 Å². The standard InChI is InChI=1S/C14H14N2O5S3/c17-13(10-1-6-22-8-10)15-2-4-16(5-3-15)24(20,21)12-7-11(9-23-12)14(18)19/h1,6-9H,2-5H2,(H,18,19). The van der Waals surface area contributed by atoms with Gasteiger partial charge in [0, 0.05) is 36.9 Å². The molecule has 0 atom stereocenters. The fraction of sp³-hybridized carbons (Fsp3) is 0.286. The Morgan fingerprint density at radius 2 is 1.79 bits per heavy atom. The third kappa shape index (κ3) is 3.22. The lowest BCUT2D eigenvalue weighted by molar-refractivity contribution is 0.0688. The molecule has 3 rings (SSSR count). The second-order valence-corrected chi connectivity index (χ2v) is 9.02. The van der Waals surface area contributed by atoms with Crippen molar-refractivity contribution in [3.8, 4) is 0 Å². The van der Waals surface area contributed by atoms with E-state index >= 15 is 0 Å². The molecule has 0 unspecified atom stereocenters. The van der Waals surface area contributed by atoms with Crippen LogP contribution in [-0.2, 0) is 10.0 Å². The van der Waals surface area contributed by atoms with Crippen LogP contribution in [0.2, 0.25) is 0 Å². The lowest BCUT2D eigenvalue weighted by atomic mass is 10.2. The average Bonchev–Trinajstić information content (AvgIpc) is 3.26. The summed E-state index contributed by atoms with van der Waals surface area (Å²) in [5, 5.41) is 13.8. The number of thiophene rings is 2. The molecule has 1 amide bonds. The van der Waals surface area contributed by atoms with Crippen LogP contribution in [-0.4, -0.2) is 60.8 Å². The van der Waals surface area contributed by atoms with Gasteiger partial charge in [0.05, 0.1) is 11.1 Å². The number of carboxylic acid groups (broad SMARTS) is 1. The Hall–Kier alpha value is -1.75. The van der Waals surface area contributed by atoms with Crippen LogP contribution in [0.3, 0.4) is 0 Å². The molecule has 0 spiro atoms. The molecule has 2 aromatic heterocycles. The predicted octanol–water partition coefficient (Wildman–Crippen LogP) is 1.65. The fourth-order valence-electron chi connectivity index (χ4n) is 2.39. The first kappa shape index (κ1) is 17.1. The number of sulfonamides is 1. The maximum absolute atomic E-state index is 12.6. The maximum Gasteiger partial charge on any atom is 0.336 e. The van der Waals surface area contributed by atoms with Crippen LogP contribution in [0.15, 0.2) is 32.5 Å². The Morgan fingerprint density at radius 1 is 1.08 bits per heavy atom. The van der Waals surface area contributed by atoms with Gasteiger partial charge >= 0.3 is 5.97 Å². The van der Waals surface area contributed by atoms with E-state index in [0.29, 0.717) is 18.7 Å². The minimum absolute atomic E-state index is 0.0116. The molecule has 1 saturated heterocycles. The molecule has 2 aromatic rings. The van der Waals surface area contributed by atoms with E-state index in [1.54, 1.807) is 16.3 Å². The highest BCUT2D eigenvalue weighted by Crippen LogP contribution is 2.25. The first-order valence-corrected chi connectivity index (χ1v) is 10.3. The molecule has 1 aliphatic heterocycles. The van der Waals surface area contributed by atoms with Crippen LogP contribution >= 0.6 is 22.7 Å². The van der Waals surface area contributed by atoms with Gasteiger partial charge in [-0.05, 0) is 17.5 Å². The van der Waals surface area contributed by atoms with E-state index < -0.39 is 16.0 Å². The Morgan fingerprint density at radius 3 is 2.33 bits per heavy atom. The van der Waals surface area contributed by atoms with Crippen molar-refractivity contribution in [1.82, 2.24) is 9.21 Å². The summed E-state index contributed by atoms with van der Waals surface area (Å²) in [4.78, 5) is 24.8. The Balaban J connectivity index is 1.69. The minimum atomic E-state index is -3.73. The van der Waals surface area contributed by atoms with Crippen LogP contribution in [0.5, 0.6) is 0 Å². The van der Waals surface area contributed by atoms with Crippen LogP contribution in [0.1, 0.15) is 20.7 Å². The summed E-state index contributed by atoms with van der Waals surface area (Å²) >= 11 is 2.33. The second-order valence-electron chi connectivity index (χ2n) is 5.17. The molecule has 1 N–H and O–H groups in total. The number of aromatic carboxylic acids is 1. The van der Waals surface area contributed by atoms with Crippen molar-refractivity contribution in [3.63, 3.8) is 0 Å². The quantitative estimate of drug-likeness (QED) is 0.862. The summed E-state index contributed by atoms with van der Waals surface area (Å²) in [6.07, 6.45) is 0. The number of rotatable bonds is 4. The van der Waals surface area contributed by atoms with Crippen molar-refractivity contribution in [2.24, 2.45) is 0 Å². The minimum Gasteiger partial charge on any atom is -0.478 e. The number of amides is 1. The average molecular weight is 386 g/mol. The van der Waals surface area contributed by atoms with Gasteiger partial charge < -0.3 is 10.0 Å². The van der Waals surface area contributed by atoms with Gasteiger partial charge in [-0.3, -0.25) is 4.79 Å². The molecule has 1 aliphatic rings. The molecule has 7 nitrogen and oxygen atoms in total. The lowest BCUT2D eigenvalue weighted by Crippen LogP contribution is -2.50. The van der Waals surface area contributed by atoms with Gasteiger partial charge in [0.25, 0.3) is 15.9 Å². The van der Waals surface area contributed by atoms with Crippen LogP contribution in [0, 0.1) is 0 Å². The SMILES string of the molecule is O=C(O)c1csc(S(=O)(=O)N2CCN(C(=O)c3ccsc3)CC2)c1. The van der Waals surface area contributed by atoms with Gasteiger partial charge in [-0.2, -0.15) is 15.6 Å². The number of nitrogens with zero attached hydrogens (tertiary/aromatic N) is 2. The van der Waals surface area contributed by atoms with Crippen molar-refractivity contribution >= 4 is 44.6 Å². The highest BCUT2D eigenvalue weighted by Gasteiger charge is 2.31. The topological polar surface area (TPSA) is 95.0 Å². The van der Waals surface area contributed by atoms with E-state index in [1.165, 1.54) is 27.1 Å². The first-order chi connectivity index (χ1) is 11.4. The van der Waals surface area contributed by atoms with Crippen molar-refractivity contribution in [2.45, 2.75) is 4.21 Å². The number of carboxylic acids is 1. The molecule has 0 aliphatic carbocycles. The van der Waals surface area contributed by atoms with Crippen LogP contribution in [0.25, 0.3) is 0 Å². The second kappa shape index (κ2) is 6.63. The van der Waals surface area contributed by atoms with Crippen molar-refractivity contribution < 1.29 is 23.1 Å². The summed E-state index contributed by atoms with van der Waals surface area (Å²) in [5.41, 5.74) is 0.575. The number of hydrogen-bond acceptors (Lipinski definition) is 6. The van der Waals surface area contributed by atoms with E-state index in [4.69, 9.17) is 5.11 Å². The lowest BCUT2D eigenvalue weighted by Gasteiger charge is -2.33. The summed E-state index contributed by atoms with van der Waals surface area (Å²) in [5.74, 6) is -1.25. The van der Waals surface area contributed by atoms with E-state index in [-0.39, 0.29) is 28.8 Å². The largest absolute Gasteiger partial charge is 0.478 e. The van der Waals surface area contributed by atoms with E-state index in [0.717, 1.165) is 11.3 Å². The van der Waals surface area contributed by atoms with Crippen molar-refractivity contribution in [2.75, 3.05) is 26.2 Å². The molecule has 3 heterocycles. The summed E-state index contributed by atoms with van der Waals surface area (Å²) < 4.78 is 26.4. The van der Waals surface area contributed by atoms with E-state index in [1.807, 2.05) is 5.38 Å². The Kier molecular flexibility index (Phi) is 4.72. The molecule has 0 bridgehead atoms. The third-order valence-corrected chi connectivity index (χ3v) is 7.71. The van der Waals surface area contributed by atoms with Crippen molar-refractivity contribution in [1.29, 1.82) is 0 Å². The molecule has 0 radical (unpaired) electrons. The molecule has 24 heavy (non-hydrogen) atoms. The zero-order valence-corrected chi connectivity index (χ0v) is 14.9. The smallest absolute Gasteiger partial charge is 0.336 e. The third-order valence-electron chi connectivity index (χ3n) is 3.71. The fourth-order valence-corrected chi connectivity index (χ4v) is 5.75. The summed E-state index contributed by atoms with van der Waals surface area (Å²) in [6.45, 7) is 1.01. The van der Waals surface area contributed by atoms with Crippen molar-refractivity contribution in [3.05, 3.63) is 39.4 Å².